The maximum Gasteiger partial charge on any atom is 0.310 e. The number of rotatable bonds is 2. The van der Waals surface area contributed by atoms with Crippen molar-refractivity contribution < 1.29 is 30.0 Å². The molecule has 2 atom stereocenters. The fraction of sp³-hybridized carbons (Fsp3) is 0.462. The first kappa shape index (κ1) is 15.9. The molecule has 2 unspecified atom stereocenters. The van der Waals surface area contributed by atoms with Crippen LogP contribution in [0, 0.1) is 0 Å². The molecule has 0 aliphatic carbocycles. The number of amidine groups is 1. The molecule has 0 saturated carbocycles. The van der Waals surface area contributed by atoms with Gasteiger partial charge in [0.1, 0.15) is 11.7 Å². The number of fused-ring (bicyclic) bond motifs is 1. The predicted octanol–water partition coefficient (Wildman–Crippen LogP) is -1.88. The summed E-state index contributed by atoms with van der Waals surface area (Å²) in [5, 5.41) is 0.806. The summed E-state index contributed by atoms with van der Waals surface area (Å²) in [7, 11) is -2.92. The summed E-state index contributed by atoms with van der Waals surface area (Å²) < 4.78 is 25.6. The summed E-state index contributed by atoms with van der Waals surface area (Å²) in [6.45, 7) is 2.10. The molecule has 0 radical (unpaired) electrons. The van der Waals surface area contributed by atoms with Crippen LogP contribution in [0.1, 0.15) is 12.5 Å². The van der Waals surface area contributed by atoms with Crippen molar-refractivity contribution in [3.63, 3.8) is 0 Å². The van der Waals surface area contributed by atoms with E-state index in [1.54, 1.807) is 0 Å². The van der Waals surface area contributed by atoms with Gasteiger partial charge in [0.25, 0.3) is 0 Å². The molecule has 2 aliphatic rings. The first-order valence-corrected chi connectivity index (χ1v) is 9.08. The third kappa shape index (κ3) is 2.63. The van der Waals surface area contributed by atoms with Gasteiger partial charge >= 0.3 is 5.17 Å². The second-order valence-corrected chi connectivity index (χ2v) is 8.40. The van der Waals surface area contributed by atoms with Crippen LogP contribution >= 0.6 is 11.8 Å². The molecule has 0 aromatic heterocycles. The molecule has 3 rings (SSSR count). The number of halogens is 1. The van der Waals surface area contributed by atoms with E-state index in [1.165, 1.54) is 17.3 Å². The van der Waals surface area contributed by atoms with E-state index >= 15 is 0 Å². The van der Waals surface area contributed by atoms with Crippen LogP contribution in [-0.4, -0.2) is 41.0 Å². The van der Waals surface area contributed by atoms with Crippen LogP contribution in [0.3, 0.4) is 0 Å². The maximum absolute atomic E-state index is 11.8. The molecule has 110 valence electrons. The molecule has 7 heteroatoms. The van der Waals surface area contributed by atoms with E-state index in [-0.39, 0.29) is 39.8 Å². The highest BCUT2D eigenvalue weighted by atomic mass is 79.9. The van der Waals surface area contributed by atoms with Gasteiger partial charge in [-0.05, 0) is 29.8 Å². The molecule has 1 saturated heterocycles. The van der Waals surface area contributed by atoms with E-state index < -0.39 is 9.84 Å². The molecule has 1 aromatic rings. The van der Waals surface area contributed by atoms with Gasteiger partial charge in [0, 0.05) is 0 Å². The van der Waals surface area contributed by atoms with Crippen molar-refractivity contribution in [2.75, 3.05) is 11.5 Å². The van der Waals surface area contributed by atoms with E-state index in [0.29, 0.717) is 0 Å². The van der Waals surface area contributed by atoms with Crippen LogP contribution < -0.4 is 22.7 Å². The van der Waals surface area contributed by atoms with Crippen molar-refractivity contribution in [3.05, 3.63) is 29.8 Å². The minimum absolute atomic E-state index is 0. The Bertz CT molecular complexity index is 658. The Hall–Kier alpha value is -0.530. The van der Waals surface area contributed by atoms with Gasteiger partial charge < -0.3 is 17.0 Å². The maximum atomic E-state index is 11.8. The Kier molecular flexibility index (Phi) is 4.51. The van der Waals surface area contributed by atoms with Crippen LogP contribution in [0.4, 0.5) is 5.69 Å². The number of nitrogens with zero attached hydrogens (tertiary/aromatic N) is 1. The molecule has 0 spiro atoms. The van der Waals surface area contributed by atoms with Crippen LogP contribution in [0.25, 0.3) is 0 Å². The number of aryl methyl sites for hydroxylation is 1. The van der Waals surface area contributed by atoms with Crippen LogP contribution in [-0.2, 0) is 16.3 Å². The number of sulfone groups is 1. The number of hydrogen-bond donors (Lipinski definition) is 1. The Morgan fingerprint density at radius 2 is 2.05 bits per heavy atom. The quantitative estimate of drug-likeness (QED) is 0.614. The average molecular weight is 377 g/mol. The molecule has 0 amide bonds. The monoisotopic (exact) mass is 376 g/mol. The van der Waals surface area contributed by atoms with Gasteiger partial charge in [-0.15, -0.1) is 0 Å². The van der Waals surface area contributed by atoms with Crippen molar-refractivity contribution in [2.45, 2.75) is 24.6 Å². The lowest BCUT2D eigenvalue weighted by Gasteiger charge is -2.13. The van der Waals surface area contributed by atoms with Gasteiger partial charge in [-0.1, -0.05) is 25.1 Å². The third-order valence-electron chi connectivity index (χ3n) is 3.75. The summed E-state index contributed by atoms with van der Waals surface area (Å²) in [6.07, 6.45) is 0.911. The highest BCUT2D eigenvalue weighted by molar-refractivity contribution is 8.15. The topological polar surface area (TPSA) is 63.2 Å². The summed E-state index contributed by atoms with van der Waals surface area (Å²) in [4.78, 5) is 0. The van der Waals surface area contributed by atoms with E-state index in [2.05, 4.69) is 13.0 Å². The van der Waals surface area contributed by atoms with Crippen molar-refractivity contribution in [1.29, 1.82) is 0 Å². The van der Waals surface area contributed by atoms with Gasteiger partial charge in [-0.2, -0.15) is 0 Å². The zero-order valence-electron chi connectivity index (χ0n) is 11.1. The van der Waals surface area contributed by atoms with Gasteiger partial charge in [0.05, 0.1) is 16.8 Å². The smallest absolute Gasteiger partial charge is 0.310 e. The molecule has 2 N–H and O–H groups in total. The van der Waals surface area contributed by atoms with Crippen LogP contribution in [0.2, 0.25) is 0 Å². The first-order chi connectivity index (χ1) is 9.02. The van der Waals surface area contributed by atoms with Crippen molar-refractivity contribution >= 4 is 32.5 Å². The van der Waals surface area contributed by atoms with Gasteiger partial charge in [0.15, 0.2) is 9.84 Å². The molecule has 0 bridgehead atoms. The van der Waals surface area contributed by atoms with Crippen molar-refractivity contribution in [2.24, 2.45) is 5.73 Å². The van der Waals surface area contributed by atoms with Gasteiger partial charge in [-0.3, -0.25) is 5.73 Å². The first-order valence-electron chi connectivity index (χ1n) is 6.38. The third-order valence-corrected chi connectivity index (χ3v) is 6.89. The zero-order valence-corrected chi connectivity index (χ0v) is 14.3. The lowest BCUT2D eigenvalue weighted by Crippen LogP contribution is -3.00. The number of benzene rings is 1. The average Bonchev–Trinajstić information content (AvgIpc) is 2.79. The lowest BCUT2D eigenvalue weighted by atomic mass is 10.1. The number of nitrogens with two attached hydrogens (primary N) is 1. The minimum Gasteiger partial charge on any atom is -1.00 e. The summed E-state index contributed by atoms with van der Waals surface area (Å²) in [5.74, 6) is 0.456. The molecule has 20 heavy (non-hydrogen) atoms. The van der Waals surface area contributed by atoms with Crippen molar-refractivity contribution in [1.82, 2.24) is 0 Å². The van der Waals surface area contributed by atoms with E-state index in [1.807, 2.05) is 22.8 Å². The summed E-state index contributed by atoms with van der Waals surface area (Å²) in [5.41, 5.74) is 8.38. The Morgan fingerprint density at radius 1 is 1.35 bits per heavy atom. The van der Waals surface area contributed by atoms with E-state index in [0.717, 1.165) is 17.3 Å². The number of para-hydroxylation sites is 1. The molecule has 1 aromatic carbocycles. The molecular weight excluding hydrogens is 360 g/mol. The second kappa shape index (κ2) is 5.69. The van der Waals surface area contributed by atoms with Crippen LogP contribution in [0.15, 0.2) is 24.3 Å². The standard InChI is InChI=1S/C13H16N2O2S2.BrH/c1-2-9-5-3-4-6-10(9)15-11-7-19(16,17)8-12(11)18-13(15)14;/h3-6,11-12,14H,2,7-8H2,1H3;1H. The number of hydrogen-bond acceptors (Lipinski definition) is 4. The fourth-order valence-electron chi connectivity index (χ4n) is 2.87. The molecule has 4 nitrogen and oxygen atoms in total. The second-order valence-electron chi connectivity index (χ2n) is 4.99. The predicted molar refractivity (Wildman–Crippen MR) is 78.8 cm³/mol. The Morgan fingerprint density at radius 3 is 2.75 bits per heavy atom. The van der Waals surface area contributed by atoms with Crippen molar-refractivity contribution in [3.8, 4) is 0 Å². The fourth-order valence-corrected chi connectivity index (χ4v) is 6.68. The van der Waals surface area contributed by atoms with Gasteiger partial charge in [0.2, 0.25) is 0 Å². The minimum atomic E-state index is -2.92. The van der Waals surface area contributed by atoms with Crippen LogP contribution in [0.5, 0.6) is 0 Å². The lowest BCUT2D eigenvalue weighted by molar-refractivity contribution is -0.471. The summed E-state index contributed by atoms with van der Waals surface area (Å²) >= 11 is 1.50. The Balaban J connectivity index is 0.00000147. The molecule has 1 fully saturated rings. The highest BCUT2D eigenvalue weighted by Gasteiger charge is 2.50. The SMILES string of the molecule is CCc1ccccc1[N+]1=C(N)SC2CS(=O)(=O)CC21.[Br-]. The number of thioether (sulfide) groups is 1. The molecular formula is C13H17BrN2O2S2. The Labute approximate surface area is 134 Å². The molecule has 2 aliphatic heterocycles. The highest BCUT2D eigenvalue weighted by Crippen LogP contribution is 2.37. The van der Waals surface area contributed by atoms with E-state index in [4.69, 9.17) is 5.73 Å². The summed E-state index contributed by atoms with van der Waals surface area (Å²) in [6, 6.07) is 8.07. The normalized spacial score (nSPS) is 27.2. The van der Waals surface area contributed by atoms with E-state index in [9.17, 15) is 8.42 Å². The molecule has 2 heterocycles. The largest absolute Gasteiger partial charge is 1.00 e. The van der Waals surface area contributed by atoms with Gasteiger partial charge in [-0.25, -0.2) is 13.0 Å². The zero-order chi connectivity index (χ0) is 13.6.